The summed E-state index contributed by atoms with van der Waals surface area (Å²) in [4.78, 5) is 14.7. The topological polar surface area (TPSA) is 74.5 Å². The van der Waals surface area contributed by atoms with Crippen molar-refractivity contribution < 1.29 is 13.9 Å². The average Bonchev–Trinajstić information content (AvgIpc) is 2.32. The van der Waals surface area contributed by atoms with Crippen LogP contribution in [-0.2, 0) is 4.79 Å². The number of nitrogens with zero attached hydrogens (tertiary/aromatic N) is 2. The molecule has 94 valence electrons. The number of amidine groups is 1. The van der Waals surface area contributed by atoms with E-state index in [1.54, 1.807) is 12.4 Å². The molecule has 0 saturated heterocycles. The molecule has 0 spiro atoms. The number of halogens is 1. The Labute approximate surface area is 108 Å². The molecule has 18 heavy (non-hydrogen) atoms. The molecule has 1 aromatic rings. The Morgan fingerprint density at radius 2 is 2.33 bits per heavy atom. The van der Waals surface area contributed by atoms with Crippen LogP contribution in [0.15, 0.2) is 23.2 Å². The first-order valence-corrected chi connectivity index (χ1v) is 6.05. The number of benzene rings is 1. The molecule has 0 amide bonds. The minimum Gasteiger partial charge on any atom is -0.427 e. The van der Waals surface area contributed by atoms with E-state index in [0.29, 0.717) is 0 Å². The summed E-state index contributed by atoms with van der Waals surface area (Å²) in [6, 6.07) is 3.75. The molecular weight excluding hydrogens is 257 g/mol. The highest BCUT2D eigenvalue weighted by atomic mass is 32.2. The summed E-state index contributed by atoms with van der Waals surface area (Å²) < 4.78 is 18.3. The van der Waals surface area contributed by atoms with Gasteiger partial charge in [0, 0.05) is 13.0 Å². The molecule has 0 aliphatic rings. The van der Waals surface area contributed by atoms with Crippen LogP contribution in [0.4, 0.5) is 10.1 Å². The molecule has 1 N–H and O–H groups in total. The molecule has 0 saturated carbocycles. The number of rotatable bonds is 2. The standard InChI is InChI=1S/C11H10FN3O2S/c1-7(16)17-8-3-4-9(12)10(5-8)15-11(18-2)14-6-13/h3-5H,1-2H3,(H,14,15). The number of nitrogens with one attached hydrogen (secondary N) is 1. The average molecular weight is 267 g/mol. The SMILES string of the molecule is CSC(=Nc1cc(OC(C)=O)ccc1F)NC#N. The molecule has 0 aromatic heterocycles. The fourth-order valence-electron chi connectivity index (χ4n) is 1.09. The lowest BCUT2D eigenvalue weighted by Gasteiger charge is -2.04. The van der Waals surface area contributed by atoms with Gasteiger partial charge in [0.1, 0.15) is 17.3 Å². The van der Waals surface area contributed by atoms with Crippen LogP contribution in [-0.4, -0.2) is 17.4 Å². The third kappa shape index (κ3) is 4.07. The summed E-state index contributed by atoms with van der Waals surface area (Å²) in [5.41, 5.74) is -0.0131. The Hall–Kier alpha value is -2.07. The fraction of sp³-hybridized carbons (Fsp3) is 0.182. The summed E-state index contributed by atoms with van der Waals surface area (Å²) in [6.45, 7) is 1.25. The van der Waals surface area contributed by atoms with Gasteiger partial charge < -0.3 is 4.74 Å². The zero-order chi connectivity index (χ0) is 13.5. The first kappa shape index (κ1) is 14.0. The quantitative estimate of drug-likeness (QED) is 0.222. The molecule has 0 aliphatic heterocycles. The van der Waals surface area contributed by atoms with Crippen molar-refractivity contribution >= 4 is 28.6 Å². The molecule has 7 heteroatoms. The van der Waals surface area contributed by atoms with Crippen LogP contribution in [0.5, 0.6) is 5.75 Å². The largest absolute Gasteiger partial charge is 0.427 e. The van der Waals surface area contributed by atoms with Gasteiger partial charge in [-0.05, 0) is 18.4 Å². The fourth-order valence-corrected chi connectivity index (χ4v) is 1.43. The van der Waals surface area contributed by atoms with E-state index in [2.05, 4.69) is 10.3 Å². The minimum absolute atomic E-state index is 0.0131. The number of hydrogen-bond acceptors (Lipinski definition) is 5. The van der Waals surface area contributed by atoms with Gasteiger partial charge in [0.2, 0.25) is 0 Å². The maximum Gasteiger partial charge on any atom is 0.308 e. The van der Waals surface area contributed by atoms with Crippen LogP contribution >= 0.6 is 11.8 Å². The summed E-state index contributed by atoms with van der Waals surface area (Å²) >= 11 is 1.16. The number of ether oxygens (including phenoxy) is 1. The van der Waals surface area contributed by atoms with Gasteiger partial charge in [-0.1, -0.05) is 11.8 Å². The Morgan fingerprint density at radius 1 is 1.61 bits per heavy atom. The molecule has 5 nitrogen and oxygen atoms in total. The molecule has 0 fully saturated rings. The smallest absolute Gasteiger partial charge is 0.308 e. The van der Waals surface area contributed by atoms with Crippen LogP contribution in [0, 0.1) is 17.3 Å². The van der Waals surface area contributed by atoms with Crippen LogP contribution in [0.25, 0.3) is 0 Å². The van der Waals surface area contributed by atoms with E-state index in [0.717, 1.165) is 17.8 Å². The van der Waals surface area contributed by atoms with Crippen molar-refractivity contribution in [1.29, 1.82) is 5.26 Å². The Balaban J connectivity index is 3.07. The van der Waals surface area contributed by atoms with Crippen molar-refractivity contribution in [3.05, 3.63) is 24.0 Å². The monoisotopic (exact) mass is 267 g/mol. The minimum atomic E-state index is -0.572. The van der Waals surface area contributed by atoms with Crippen LogP contribution < -0.4 is 10.1 Å². The van der Waals surface area contributed by atoms with Crippen molar-refractivity contribution in [2.24, 2.45) is 4.99 Å². The van der Waals surface area contributed by atoms with Gasteiger partial charge in [-0.2, -0.15) is 5.26 Å². The van der Waals surface area contributed by atoms with Crippen molar-refractivity contribution in [1.82, 2.24) is 5.32 Å². The molecule has 0 radical (unpaired) electrons. The van der Waals surface area contributed by atoms with E-state index in [1.807, 2.05) is 0 Å². The second-order valence-corrected chi connectivity index (χ2v) is 3.86. The second kappa shape index (κ2) is 6.61. The zero-order valence-corrected chi connectivity index (χ0v) is 10.5. The number of aliphatic imine (C=N–C) groups is 1. The van der Waals surface area contributed by atoms with E-state index in [1.165, 1.54) is 19.1 Å². The lowest BCUT2D eigenvalue weighted by atomic mass is 10.3. The van der Waals surface area contributed by atoms with E-state index in [-0.39, 0.29) is 16.6 Å². The van der Waals surface area contributed by atoms with Gasteiger partial charge in [-0.15, -0.1) is 0 Å². The lowest BCUT2D eigenvalue weighted by Crippen LogP contribution is -2.12. The molecule has 0 unspecified atom stereocenters. The van der Waals surface area contributed by atoms with Crippen molar-refractivity contribution in [2.75, 3.05) is 6.26 Å². The highest BCUT2D eigenvalue weighted by molar-refractivity contribution is 8.13. The van der Waals surface area contributed by atoms with Crippen LogP contribution in [0.1, 0.15) is 6.92 Å². The summed E-state index contributed by atoms with van der Waals surface area (Å²) in [5.74, 6) is -0.881. The lowest BCUT2D eigenvalue weighted by molar-refractivity contribution is -0.131. The zero-order valence-electron chi connectivity index (χ0n) is 9.73. The van der Waals surface area contributed by atoms with Crippen molar-refractivity contribution in [3.8, 4) is 11.9 Å². The number of carbonyl (C=O) groups excluding carboxylic acids is 1. The van der Waals surface area contributed by atoms with E-state index >= 15 is 0 Å². The Bertz CT molecular complexity index is 526. The number of thioether (sulfide) groups is 1. The van der Waals surface area contributed by atoms with Gasteiger partial charge in [0.15, 0.2) is 11.4 Å². The van der Waals surface area contributed by atoms with E-state index in [9.17, 15) is 9.18 Å². The van der Waals surface area contributed by atoms with Crippen LogP contribution in [0.2, 0.25) is 0 Å². The normalized spacial score (nSPS) is 10.7. The van der Waals surface area contributed by atoms with E-state index in [4.69, 9.17) is 10.00 Å². The Morgan fingerprint density at radius 3 is 2.89 bits per heavy atom. The molecule has 0 aliphatic carbocycles. The highest BCUT2D eigenvalue weighted by Crippen LogP contribution is 2.25. The number of hydrogen-bond donors (Lipinski definition) is 1. The number of esters is 1. The third-order valence-electron chi connectivity index (χ3n) is 1.76. The molecule has 0 atom stereocenters. The molecule has 0 bridgehead atoms. The maximum atomic E-state index is 13.5. The van der Waals surface area contributed by atoms with Gasteiger partial charge >= 0.3 is 5.97 Å². The van der Waals surface area contributed by atoms with Crippen molar-refractivity contribution in [3.63, 3.8) is 0 Å². The molecular formula is C11H10FN3O2S. The number of carbonyl (C=O) groups is 1. The number of nitriles is 1. The molecule has 1 rings (SSSR count). The highest BCUT2D eigenvalue weighted by Gasteiger charge is 2.06. The molecule has 1 aromatic carbocycles. The predicted molar refractivity (Wildman–Crippen MR) is 67.1 cm³/mol. The van der Waals surface area contributed by atoms with Crippen LogP contribution in [0.3, 0.4) is 0 Å². The maximum absolute atomic E-state index is 13.5. The summed E-state index contributed by atoms with van der Waals surface area (Å²) in [5, 5.41) is 11.0. The second-order valence-electron chi connectivity index (χ2n) is 3.06. The van der Waals surface area contributed by atoms with E-state index < -0.39 is 11.8 Å². The summed E-state index contributed by atoms with van der Waals surface area (Å²) in [6.07, 6.45) is 3.39. The predicted octanol–water partition coefficient (Wildman–Crippen LogP) is 2.17. The van der Waals surface area contributed by atoms with Gasteiger partial charge in [-0.25, -0.2) is 9.38 Å². The third-order valence-corrected chi connectivity index (χ3v) is 2.34. The van der Waals surface area contributed by atoms with Gasteiger partial charge in [0.05, 0.1) is 0 Å². The molecule has 0 heterocycles. The van der Waals surface area contributed by atoms with Gasteiger partial charge in [-0.3, -0.25) is 10.1 Å². The summed E-state index contributed by atoms with van der Waals surface area (Å²) in [7, 11) is 0. The van der Waals surface area contributed by atoms with Crippen molar-refractivity contribution in [2.45, 2.75) is 6.92 Å². The Kier molecular flexibility index (Phi) is 5.14. The first-order chi connectivity index (χ1) is 8.56. The van der Waals surface area contributed by atoms with Gasteiger partial charge in [0.25, 0.3) is 0 Å². The first-order valence-electron chi connectivity index (χ1n) is 4.82.